The van der Waals surface area contributed by atoms with Crippen molar-refractivity contribution in [2.45, 2.75) is 25.3 Å². The van der Waals surface area contributed by atoms with Crippen molar-refractivity contribution in [3.63, 3.8) is 0 Å². The lowest BCUT2D eigenvalue weighted by atomic mass is 9.72. The molecule has 4 rings (SSSR count). The molecule has 13 nitrogen and oxygen atoms in total. The van der Waals surface area contributed by atoms with Gasteiger partial charge < -0.3 is 35.4 Å². The predicted octanol–water partition coefficient (Wildman–Crippen LogP) is -0.189. The number of carbonyl (C=O) groups excluding carboxylic acids is 4. The third-order valence-corrected chi connectivity index (χ3v) is 6.45. The van der Waals surface area contributed by atoms with E-state index in [-0.39, 0.29) is 42.9 Å². The molecule has 2 aromatic carbocycles. The van der Waals surface area contributed by atoms with Crippen molar-refractivity contribution in [1.82, 2.24) is 20.4 Å². The number of para-hydroxylation sites is 1. The number of amides is 5. The van der Waals surface area contributed by atoms with Crippen LogP contribution in [0.5, 0.6) is 11.5 Å². The average molecular weight is 542 g/mol. The van der Waals surface area contributed by atoms with Crippen molar-refractivity contribution in [3.8, 4) is 11.5 Å². The van der Waals surface area contributed by atoms with E-state index in [0.29, 0.717) is 10.5 Å². The quantitative estimate of drug-likeness (QED) is 0.244. The number of hydrogen-bond donors (Lipinski definition) is 5. The Hall–Kier alpha value is -4.66. The topological polar surface area (TPSA) is 186 Å². The minimum absolute atomic E-state index is 0.0417. The predicted molar refractivity (Wildman–Crippen MR) is 131 cm³/mol. The molecule has 2 aliphatic heterocycles. The molecule has 0 bridgehead atoms. The van der Waals surface area contributed by atoms with Crippen molar-refractivity contribution >= 4 is 36.8 Å². The molecule has 0 radical (unpaired) electrons. The molecule has 5 N–H and O–H groups in total. The molecule has 0 aromatic heterocycles. The van der Waals surface area contributed by atoms with Gasteiger partial charge >= 0.3 is 30.9 Å². The molecule has 2 aromatic rings. The standard InChI is InChI=1S/C24H24BFN4O9/c1-2-29-8-9-30(22(34)21(29)33)24(37)28-18(12-6-7-16(31)15(26)10-12)20(32)27-17-11-13-4-3-5-14(23(35)36)19(13)39-25(17)38/h3-7,10,17-18,31,38H,2,8-9,11H2,1H3,(H,27,32)(H,28,37)(H,35,36). The van der Waals surface area contributed by atoms with Crippen LogP contribution in [0.1, 0.15) is 34.5 Å². The molecule has 5 amide bonds. The number of fused-ring (bicyclic) bond motifs is 1. The van der Waals surface area contributed by atoms with Crippen molar-refractivity contribution in [1.29, 1.82) is 0 Å². The van der Waals surface area contributed by atoms with Gasteiger partial charge in [-0.3, -0.25) is 19.3 Å². The number of piperazine rings is 1. The number of hydrogen-bond acceptors (Lipinski definition) is 8. The average Bonchev–Trinajstić information content (AvgIpc) is 2.90. The van der Waals surface area contributed by atoms with Crippen molar-refractivity contribution in [3.05, 3.63) is 58.9 Å². The first-order chi connectivity index (χ1) is 18.5. The number of urea groups is 1. The van der Waals surface area contributed by atoms with E-state index in [1.54, 1.807) is 13.0 Å². The Morgan fingerprint density at radius 2 is 1.92 bits per heavy atom. The lowest BCUT2D eigenvalue weighted by Crippen LogP contribution is -2.60. The summed E-state index contributed by atoms with van der Waals surface area (Å²) in [7, 11) is -1.67. The van der Waals surface area contributed by atoms with Gasteiger partial charge in [-0.2, -0.15) is 0 Å². The molecule has 1 saturated heterocycles. The first kappa shape index (κ1) is 27.4. The van der Waals surface area contributed by atoms with Crippen LogP contribution in [0, 0.1) is 5.82 Å². The number of carboxylic acids is 1. The summed E-state index contributed by atoms with van der Waals surface area (Å²) in [5, 5.41) is 34.2. The summed E-state index contributed by atoms with van der Waals surface area (Å²) in [6, 6.07) is 4.56. The Labute approximate surface area is 221 Å². The van der Waals surface area contributed by atoms with Gasteiger partial charge in [0.05, 0.1) is 11.5 Å². The van der Waals surface area contributed by atoms with Crippen LogP contribution in [0.2, 0.25) is 0 Å². The number of nitrogens with zero attached hydrogens (tertiary/aromatic N) is 2. The lowest BCUT2D eigenvalue weighted by molar-refractivity contribution is -0.153. The number of carboxylic acid groups (broad SMARTS) is 1. The van der Waals surface area contributed by atoms with Gasteiger partial charge in [-0.1, -0.05) is 18.2 Å². The second-order valence-corrected chi connectivity index (χ2v) is 8.86. The number of aromatic carboxylic acids is 1. The van der Waals surface area contributed by atoms with Gasteiger partial charge in [-0.15, -0.1) is 0 Å². The first-order valence-electron chi connectivity index (χ1n) is 11.9. The number of phenolic OH excluding ortho intramolecular Hbond substituents is 1. The Morgan fingerprint density at radius 1 is 1.18 bits per heavy atom. The van der Waals surface area contributed by atoms with Crippen molar-refractivity contribution in [2.75, 3.05) is 19.6 Å². The van der Waals surface area contributed by atoms with E-state index < -0.39 is 60.4 Å². The van der Waals surface area contributed by atoms with Gasteiger partial charge in [0.1, 0.15) is 11.8 Å². The molecule has 39 heavy (non-hydrogen) atoms. The Bertz CT molecular complexity index is 1360. The number of likely N-dealkylation sites (N-methyl/N-ethyl adjacent to an activating group) is 1. The van der Waals surface area contributed by atoms with Crippen LogP contribution in [0.15, 0.2) is 36.4 Å². The number of halogens is 1. The number of phenols is 1. The summed E-state index contributed by atoms with van der Waals surface area (Å²) in [4.78, 5) is 64.4. The molecule has 204 valence electrons. The SMILES string of the molecule is CCN1CCN(C(=O)NC(C(=O)NC2Cc3cccc(C(=O)O)c3OB2O)c2ccc(O)c(F)c2)C(=O)C1=O. The maximum atomic E-state index is 14.2. The summed E-state index contributed by atoms with van der Waals surface area (Å²) >= 11 is 0. The lowest BCUT2D eigenvalue weighted by Gasteiger charge is -2.33. The van der Waals surface area contributed by atoms with E-state index in [9.17, 15) is 43.6 Å². The minimum atomic E-state index is -1.67. The molecule has 0 spiro atoms. The molecular formula is C24H24BFN4O9. The number of imide groups is 1. The monoisotopic (exact) mass is 542 g/mol. The summed E-state index contributed by atoms with van der Waals surface area (Å²) in [6.07, 6.45) is -0.0417. The Kier molecular flexibility index (Phi) is 7.71. The number of nitrogens with one attached hydrogen (secondary N) is 2. The molecule has 2 unspecified atom stereocenters. The largest absolute Gasteiger partial charge is 0.547 e. The van der Waals surface area contributed by atoms with Gasteiger partial charge in [0, 0.05) is 19.6 Å². The molecule has 15 heteroatoms. The van der Waals surface area contributed by atoms with Crippen LogP contribution < -0.4 is 15.3 Å². The van der Waals surface area contributed by atoms with Gasteiger partial charge in [0.15, 0.2) is 11.6 Å². The zero-order valence-electron chi connectivity index (χ0n) is 20.6. The van der Waals surface area contributed by atoms with E-state index in [1.165, 1.54) is 23.1 Å². The second-order valence-electron chi connectivity index (χ2n) is 8.86. The number of carbonyl (C=O) groups is 5. The zero-order valence-corrected chi connectivity index (χ0v) is 20.6. The van der Waals surface area contributed by atoms with Crippen LogP contribution in [0.4, 0.5) is 9.18 Å². The number of benzene rings is 2. The van der Waals surface area contributed by atoms with Gasteiger partial charge in [0.25, 0.3) is 0 Å². The summed E-state index contributed by atoms with van der Waals surface area (Å²) in [5.74, 6) is -7.15. The normalized spacial score (nSPS) is 17.7. The van der Waals surface area contributed by atoms with Crippen LogP contribution in [-0.2, 0) is 20.8 Å². The first-order valence-corrected chi connectivity index (χ1v) is 11.9. The summed E-state index contributed by atoms with van der Waals surface area (Å²) in [6.45, 7) is 1.88. The van der Waals surface area contributed by atoms with Gasteiger partial charge in [-0.25, -0.2) is 14.0 Å². The van der Waals surface area contributed by atoms with Crippen LogP contribution in [0.3, 0.4) is 0 Å². The number of rotatable bonds is 6. The highest BCUT2D eigenvalue weighted by Gasteiger charge is 2.41. The van der Waals surface area contributed by atoms with Crippen LogP contribution >= 0.6 is 0 Å². The molecular weight excluding hydrogens is 518 g/mol. The fourth-order valence-corrected chi connectivity index (χ4v) is 4.36. The van der Waals surface area contributed by atoms with Gasteiger partial charge in [0.2, 0.25) is 5.91 Å². The summed E-state index contributed by atoms with van der Waals surface area (Å²) in [5.41, 5.74) is 0.102. The smallest absolute Gasteiger partial charge is 0.534 e. The van der Waals surface area contributed by atoms with Crippen molar-refractivity contribution in [2.24, 2.45) is 0 Å². The minimum Gasteiger partial charge on any atom is -0.534 e. The molecule has 2 heterocycles. The van der Waals surface area contributed by atoms with E-state index >= 15 is 0 Å². The highest BCUT2D eigenvalue weighted by molar-refractivity contribution is 6.47. The van der Waals surface area contributed by atoms with E-state index in [4.69, 9.17) is 4.65 Å². The molecule has 0 saturated carbocycles. The highest BCUT2D eigenvalue weighted by atomic mass is 19.1. The fourth-order valence-electron chi connectivity index (χ4n) is 4.36. The zero-order chi connectivity index (χ0) is 28.4. The second kappa shape index (κ2) is 11.0. The molecule has 1 fully saturated rings. The fraction of sp³-hybridized carbons (Fsp3) is 0.292. The maximum Gasteiger partial charge on any atom is 0.547 e. The molecule has 2 aliphatic rings. The maximum absolute atomic E-state index is 14.2. The van der Waals surface area contributed by atoms with Crippen molar-refractivity contribution < 1.29 is 48.3 Å². The Balaban J connectivity index is 1.57. The van der Waals surface area contributed by atoms with E-state index in [1.807, 2.05) is 0 Å². The van der Waals surface area contributed by atoms with Crippen LogP contribution in [-0.4, -0.2) is 87.5 Å². The van der Waals surface area contributed by atoms with E-state index in [2.05, 4.69) is 10.6 Å². The third kappa shape index (κ3) is 5.48. The van der Waals surface area contributed by atoms with Crippen LogP contribution in [0.25, 0.3) is 0 Å². The summed E-state index contributed by atoms with van der Waals surface area (Å²) < 4.78 is 19.5. The van der Waals surface area contributed by atoms with E-state index in [0.717, 1.165) is 12.1 Å². The third-order valence-electron chi connectivity index (χ3n) is 6.45. The Morgan fingerprint density at radius 3 is 2.59 bits per heavy atom. The number of aromatic hydroxyl groups is 1. The van der Waals surface area contributed by atoms with Gasteiger partial charge in [-0.05, 0) is 42.7 Å². The molecule has 2 atom stereocenters. The highest BCUT2D eigenvalue weighted by Crippen LogP contribution is 2.30. The molecule has 0 aliphatic carbocycles.